The number of hydrogen-bond donors (Lipinski definition) is 1. The SMILES string of the molecule is COc1ccc(CC(C)(C)C(=O)O)cc1C(F)F. The predicted octanol–water partition coefficient (Wildman–Crippen LogP) is 3.29. The lowest BCUT2D eigenvalue weighted by atomic mass is 9.85. The quantitative estimate of drug-likeness (QED) is 0.881. The number of rotatable bonds is 5. The van der Waals surface area contributed by atoms with Crippen LogP contribution in [0.15, 0.2) is 18.2 Å². The number of carboxylic acids is 1. The van der Waals surface area contributed by atoms with Crippen molar-refractivity contribution in [1.82, 2.24) is 0 Å². The van der Waals surface area contributed by atoms with Gasteiger partial charge in [-0.2, -0.15) is 0 Å². The first-order chi connectivity index (χ1) is 8.27. The molecule has 5 heteroatoms. The van der Waals surface area contributed by atoms with Gasteiger partial charge in [-0.3, -0.25) is 4.79 Å². The summed E-state index contributed by atoms with van der Waals surface area (Å²) in [5, 5.41) is 9.01. The smallest absolute Gasteiger partial charge is 0.309 e. The molecule has 0 aliphatic rings. The summed E-state index contributed by atoms with van der Waals surface area (Å²) in [7, 11) is 1.32. The van der Waals surface area contributed by atoms with Crippen LogP contribution in [-0.4, -0.2) is 18.2 Å². The molecular formula is C13H16F2O3. The monoisotopic (exact) mass is 258 g/mol. The maximum absolute atomic E-state index is 12.8. The molecule has 1 N–H and O–H groups in total. The van der Waals surface area contributed by atoms with Gasteiger partial charge in [0.1, 0.15) is 5.75 Å². The molecule has 0 fully saturated rings. The van der Waals surface area contributed by atoms with E-state index in [1.165, 1.54) is 19.2 Å². The van der Waals surface area contributed by atoms with E-state index < -0.39 is 17.8 Å². The van der Waals surface area contributed by atoms with Crippen molar-refractivity contribution in [2.24, 2.45) is 5.41 Å². The summed E-state index contributed by atoms with van der Waals surface area (Å²) in [5.41, 5.74) is -0.650. The Morgan fingerprint density at radius 2 is 2.06 bits per heavy atom. The number of benzene rings is 1. The summed E-state index contributed by atoms with van der Waals surface area (Å²) in [5.74, 6) is -0.848. The molecule has 3 nitrogen and oxygen atoms in total. The molecule has 0 saturated heterocycles. The average Bonchev–Trinajstić information content (AvgIpc) is 2.28. The van der Waals surface area contributed by atoms with Crippen LogP contribution in [0, 0.1) is 5.41 Å². The lowest BCUT2D eigenvalue weighted by Crippen LogP contribution is -2.26. The van der Waals surface area contributed by atoms with E-state index in [0.29, 0.717) is 5.56 Å². The second-order valence-electron chi connectivity index (χ2n) is 4.74. The first kappa shape index (κ1) is 14.4. The zero-order valence-electron chi connectivity index (χ0n) is 10.5. The van der Waals surface area contributed by atoms with Gasteiger partial charge in [0.25, 0.3) is 6.43 Å². The molecule has 0 aromatic heterocycles. The summed E-state index contributed by atoms with van der Waals surface area (Å²) >= 11 is 0. The predicted molar refractivity (Wildman–Crippen MR) is 63.1 cm³/mol. The highest BCUT2D eigenvalue weighted by Crippen LogP contribution is 2.32. The fourth-order valence-corrected chi connectivity index (χ4v) is 1.65. The van der Waals surface area contributed by atoms with Gasteiger partial charge in [-0.15, -0.1) is 0 Å². The molecule has 0 heterocycles. The van der Waals surface area contributed by atoms with Gasteiger partial charge in [0.05, 0.1) is 18.1 Å². The zero-order valence-corrected chi connectivity index (χ0v) is 10.5. The molecule has 18 heavy (non-hydrogen) atoms. The van der Waals surface area contributed by atoms with E-state index in [2.05, 4.69) is 0 Å². The van der Waals surface area contributed by atoms with Crippen LogP contribution in [0.4, 0.5) is 8.78 Å². The molecule has 0 atom stereocenters. The van der Waals surface area contributed by atoms with E-state index in [0.717, 1.165) is 0 Å². The Hall–Kier alpha value is -1.65. The molecule has 1 aromatic rings. The fraction of sp³-hybridized carbons (Fsp3) is 0.462. The highest BCUT2D eigenvalue weighted by atomic mass is 19.3. The number of aliphatic carboxylic acids is 1. The second kappa shape index (κ2) is 5.33. The lowest BCUT2D eigenvalue weighted by molar-refractivity contribution is -0.146. The zero-order chi connectivity index (χ0) is 13.9. The van der Waals surface area contributed by atoms with E-state index >= 15 is 0 Å². The van der Waals surface area contributed by atoms with Gasteiger partial charge >= 0.3 is 5.97 Å². The third kappa shape index (κ3) is 3.18. The average molecular weight is 258 g/mol. The molecule has 1 rings (SSSR count). The molecule has 0 spiro atoms. The number of carboxylic acid groups (broad SMARTS) is 1. The molecule has 100 valence electrons. The molecule has 0 unspecified atom stereocenters. The first-order valence-corrected chi connectivity index (χ1v) is 5.46. The van der Waals surface area contributed by atoms with Crippen molar-refractivity contribution in [2.75, 3.05) is 7.11 Å². The minimum atomic E-state index is -2.65. The summed E-state index contributed by atoms with van der Waals surface area (Å²) in [4.78, 5) is 11.0. The number of hydrogen-bond acceptors (Lipinski definition) is 2. The van der Waals surface area contributed by atoms with E-state index in [4.69, 9.17) is 9.84 Å². The van der Waals surface area contributed by atoms with Crippen LogP contribution >= 0.6 is 0 Å². The minimum Gasteiger partial charge on any atom is -0.496 e. The number of carbonyl (C=O) groups is 1. The van der Waals surface area contributed by atoms with Crippen molar-refractivity contribution >= 4 is 5.97 Å². The Bertz CT molecular complexity index is 442. The second-order valence-corrected chi connectivity index (χ2v) is 4.74. The van der Waals surface area contributed by atoms with Crippen LogP contribution in [0.3, 0.4) is 0 Å². The fourth-order valence-electron chi connectivity index (χ4n) is 1.65. The number of methoxy groups -OCH3 is 1. The molecule has 0 radical (unpaired) electrons. The molecule has 0 amide bonds. The maximum Gasteiger partial charge on any atom is 0.309 e. The Morgan fingerprint density at radius 3 is 2.50 bits per heavy atom. The highest BCUT2D eigenvalue weighted by Gasteiger charge is 2.28. The van der Waals surface area contributed by atoms with Gasteiger partial charge in [0.2, 0.25) is 0 Å². The Balaban J connectivity index is 3.06. The van der Waals surface area contributed by atoms with Crippen molar-refractivity contribution in [3.63, 3.8) is 0 Å². The number of halogens is 2. The van der Waals surface area contributed by atoms with Crippen molar-refractivity contribution in [1.29, 1.82) is 0 Å². The van der Waals surface area contributed by atoms with E-state index in [-0.39, 0.29) is 17.7 Å². The molecule has 0 bridgehead atoms. The Labute approximate surface area is 104 Å². The highest BCUT2D eigenvalue weighted by molar-refractivity contribution is 5.74. The topological polar surface area (TPSA) is 46.5 Å². The standard InChI is InChI=1S/C13H16F2O3/c1-13(2,12(16)17)7-8-4-5-10(18-3)9(6-8)11(14)15/h4-6,11H,7H2,1-3H3,(H,16,17). The Kier molecular flexibility index (Phi) is 4.27. The van der Waals surface area contributed by atoms with Crippen LogP contribution in [0.25, 0.3) is 0 Å². The van der Waals surface area contributed by atoms with E-state index in [9.17, 15) is 13.6 Å². The number of alkyl halides is 2. The first-order valence-electron chi connectivity index (χ1n) is 5.46. The van der Waals surface area contributed by atoms with Crippen molar-refractivity contribution in [3.05, 3.63) is 29.3 Å². The largest absolute Gasteiger partial charge is 0.496 e. The van der Waals surface area contributed by atoms with Crippen LogP contribution in [-0.2, 0) is 11.2 Å². The van der Waals surface area contributed by atoms with Crippen molar-refractivity contribution < 1.29 is 23.4 Å². The third-order valence-electron chi connectivity index (χ3n) is 2.75. The summed E-state index contributed by atoms with van der Waals surface area (Å²) in [6.45, 7) is 3.11. The molecule has 0 aliphatic heterocycles. The van der Waals surface area contributed by atoms with Gasteiger partial charge in [0.15, 0.2) is 0 Å². The summed E-state index contributed by atoms with van der Waals surface area (Å²) in [6.07, 6.45) is -2.46. The van der Waals surface area contributed by atoms with Crippen LogP contribution < -0.4 is 4.74 Å². The van der Waals surface area contributed by atoms with E-state index in [1.54, 1.807) is 19.9 Å². The van der Waals surface area contributed by atoms with Crippen LogP contribution in [0.5, 0.6) is 5.75 Å². The van der Waals surface area contributed by atoms with Crippen LogP contribution in [0.1, 0.15) is 31.4 Å². The van der Waals surface area contributed by atoms with Crippen LogP contribution in [0.2, 0.25) is 0 Å². The maximum atomic E-state index is 12.8. The van der Waals surface area contributed by atoms with Crippen molar-refractivity contribution in [3.8, 4) is 5.75 Å². The van der Waals surface area contributed by atoms with E-state index in [1.807, 2.05) is 0 Å². The Morgan fingerprint density at radius 1 is 1.44 bits per heavy atom. The summed E-state index contributed by atoms with van der Waals surface area (Å²) < 4.78 is 30.4. The number of ether oxygens (including phenoxy) is 1. The van der Waals surface area contributed by atoms with Gasteiger partial charge in [0, 0.05) is 0 Å². The van der Waals surface area contributed by atoms with Gasteiger partial charge in [-0.1, -0.05) is 6.07 Å². The van der Waals surface area contributed by atoms with Gasteiger partial charge < -0.3 is 9.84 Å². The third-order valence-corrected chi connectivity index (χ3v) is 2.75. The van der Waals surface area contributed by atoms with Gasteiger partial charge in [-0.05, 0) is 38.0 Å². The van der Waals surface area contributed by atoms with Gasteiger partial charge in [-0.25, -0.2) is 8.78 Å². The molecule has 0 saturated carbocycles. The molecule has 1 aromatic carbocycles. The summed E-state index contributed by atoms with van der Waals surface area (Å²) in [6, 6.07) is 4.35. The van der Waals surface area contributed by atoms with Crippen molar-refractivity contribution in [2.45, 2.75) is 26.7 Å². The normalized spacial score (nSPS) is 11.7. The minimum absolute atomic E-state index is 0.113. The molecular weight excluding hydrogens is 242 g/mol. The lowest BCUT2D eigenvalue weighted by Gasteiger charge is -2.20. The molecule has 0 aliphatic carbocycles.